The van der Waals surface area contributed by atoms with Crippen molar-refractivity contribution in [2.75, 3.05) is 0 Å². The smallest absolute Gasteiger partial charge is 0.507 e. The van der Waals surface area contributed by atoms with Crippen molar-refractivity contribution < 1.29 is 47.3 Å². The fourth-order valence-electron chi connectivity index (χ4n) is 2.30. The zero-order chi connectivity index (χ0) is 23.5. The number of nitrogens with zero attached hydrogens (tertiary/aromatic N) is 4. The van der Waals surface area contributed by atoms with E-state index in [2.05, 4.69) is 15.0 Å². The van der Waals surface area contributed by atoms with Crippen molar-refractivity contribution in [1.82, 2.24) is 15.0 Å². The van der Waals surface area contributed by atoms with Crippen molar-refractivity contribution in [2.45, 2.75) is 0 Å². The minimum Gasteiger partial charge on any atom is -0.507 e. The normalized spacial score (nSPS) is 10.8. The third kappa shape index (κ3) is 8.83. The van der Waals surface area contributed by atoms with Crippen molar-refractivity contribution in [3.05, 3.63) is 117 Å². The molecule has 0 fully saturated rings. The Bertz CT molecular complexity index is 1080. The molecular formula is C21H15AgN4O7. The largest absolute Gasteiger partial charge is 1.00 e. The Morgan fingerprint density at radius 1 is 0.788 bits per heavy atom. The van der Waals surface area contributed by atoms with Gasteiger partial charge in [0.2, 0.25) is 11.6 Å². The van der Waals surface area contributed by atoms with Crippen LogP contribution in [0.1, 0.15) is 32.1 Å². The molecule has 0 aliphatic heterocycles. The average molecular weight is 543 g/mol. The van der Waals surface area contributed by atoms with Gasteiger partial charge in [0, 0.05) is 48.1 Å². The molecule has 0 bridgehead atoms. The predicted octanol–water partition coefficient (Wildman–Crippen LogP) is 3.19. The van der Waals surface area contributed by atoms with Gasteiger partial charge in [0.15, 0.2) is 0 Å². The number of hydrogen-bond acceptors (Lipinski definition) is 10. The van der Waals surface area contributed by atoms with Crippen LogP contribution in [0.25, 0.3) is 11.5 Å². The van der Waals surface area contributed by atoms with E-state index in [1.807, 2.05) is 0 Å². The fourth-order valence-corrected chi connectivity index (χ4v) is 2.30. The van der Waals surface area contributed by atoms with E-state index >= 15 is 0 Å². The monoisotopic (exact) mass is 542 g/mol. The summed E-state index contributed by atoms with van der Waals surface area (Å²) in [4.78, 5) is 44.7. The summed E-state index contributed by atoms with van der Waals surface area (Å²) in [5.41, 5.74) is 0.728. The van der Waals surface area contributed by atoms with Gasteiger partial charge in [-0.1, -0.05) is 6.07 Å². The zero-order valence-corrected chi connectivity index (χ0v) is 18.0. The standard InChI is InChI=1S/C21H15N3O4.Ag.NO3/c25-18(14-4-2-8-22-12-14)10-20(27)16-6-1-7-17(24-16)21(28)11-19(26)15-5-3-9-23-13-15;;2-1(3)4/h1-13,25-26H;;/q;+1;-1/b18-10-,19-11-;;. The summed E-state index contributed by atoms with van der Waals surface area (Å²) in [6, 6.07) is 10.8. The number of rotatable bonds is 6. The number of aliphatic hydroxyl groups excluding tert-OH is 2. The molecule has 3 heterocycles. The van der Waals surface area contributed by atoms with Crippen LogP contribution >= 0.6 is 0 Å². The maximum atomic E-state index is 12.3. The van der Waals surface area contributed by atoms with Crippen LogP contribution in [-0.4, -0.2) is 41.8 Å². The predicted molar refractivity (Wildman–Crippen MR) is 113 cm³/mol. The second kappa shape index (κ2) is 13.3. The van der Waals surface area contributed by atoms with E-state index in [0.29, 0.717) is 11.1 Å². The van der Waals surface area contributed by atoms with Crippen LogP contribution in [0.4, 0.5) is 0 Å². The molecule has 3 aromatic rings. The minimum atomic E-state index is -1.75. The molecule has 0 aliphatic rings. The zero-order valence-electron chi connectivity index (χ0n) is 16.5. The maximum absolute atomic E-state index is 12.3. The fraction of sp³-hybridized carbons (Fsp3) is 0. The van der Waals surface area contributed by atoms with Gasteiger partial charge >= 0.3 is 22.4 Å². The molecule has 0 atom stereocenters. The number of ketones is 2. The van der Waals surface area contributed by atoms with Gasteiger partial charge < -0.3 is 25.5 Å². The summed E-state index contributed by atoms with van der Waals surface area (Å²) in [7, 11) is 0. The van der Waals surface area contributed by atoms with Gasteiger partial charge in [0.25, 0.3) is 0 Å². The number of hydrogen-bond donors (Lipinski definition) is 2. The Kier molecular flexibility index (Phi) is 10.8. The molecular weight excluding hydrogens is 528 g/mol. The Morgan fingerprint density at radius 3 is 1.52 bits per heavy atom. The molecule has 3 rings (SSSR count). The van der Waals surface area contributed by atoms with Crippen molar-refractivity contribution >= 4 is 23.1 Å². The van der Waals surface area contributed by atoms with Gasteiger partial charge in [0.05, 0.1) is 5.09 Å². The van der Waals surface area contributed by atoms with Gasteiger partial charge in [-0.05, 0) is 36.4 Å². The number of carbonyl (C=O) groups excluding carboxylic acids is 2. The topological polar surface area (TPSA) is 179 Å². The molecule has 172 valence electrons. The molecule has 0 saturated heterocycles. The Morgan fingerprint density at radius 2 is 1.18 bits per heavy atom. The third-order valence-electron chi connectivity index (χ3n) is 3.70. The molecule has 0 amide bonds. The number of pyridine rings is 3. The molecule has 11 nitrogen and oxygen atoms in total. The number of carbonyl (C=O) groups is 2. The van der Waals surface area contributed by atoms with Crippen molar-refractivity contribution in [3.63, 3.8) is 0 Å². The third-order valence-corrected chi connectivity index (χ3v) is 3.70. The summed E-state index contributed by atoms with van der Waals surface area (Å²) >= 11 is 0. The van der Waals surface area contributed by atoms with E-state index in [0.717, 1.165) is 12.2 Å². The molecule has 0 aliphatic carbocycles. The first-order valence-electron chi connectivity index (χ1n) is 8.77. The van der Waals surface area contributed by atoms with E-state index in [1.165, 1.54) is 30.6 Å². The Balaban J connectivity index is 0.00000101. The van der Waals surface area contributed by atoms with Crippen LogP contribution in [0, 0.1) is 15.3 Å². The molecule has 0 saturated carbocycles. The van der Waals surface area contributed by atoms with Gasteiger partial charge in [-0.2, -0.15) is 0 Å². The molecule has 0 radical (unpaired) electrons. The molecule has 0 aromatic carbocycles. The first-order valence-corrected chi connectivity index (χ1v) is 8.77. The van der Waals surface area contributed by atoms with Crippen LogP contribution in [0.15, 0.2) is 79.4 Å². The first-order chi connectivity index (χ1) is 15.3. The second-order valence-corrected chi connectivity index (χ2v) is 5.90. The van der Waals surface area contributed by atoms with E-state index in [9.17, 15) is 19.8 Å². The molecule has 0 spiro atoms. The maximum Gasteiger partial charge on any atom is 1.00 e. The summed E-state index contributed by atoms with van der Waals surface area (Å²) in [5.74, 6) is -1.66. The van der Waals surface area contributed by atoms with Crippen molar-refractivity contribution in [1.29, 1.82) is 0 Å². The molecule has 0 unspecified atom stereocenters. The molecule has 3 aromatic heterocycles. The van der Waals surface area contributed by atoms with Crippen LogP contribution in [0.5, 0.6) is 0 Å². The number of aliphatic hydroxyl groups is 2. The average Bonchev–Trinajstić information content (AvgIpc) is 2.80. The van der Waals surface area contributed by atoms with Crippen LogP contribution in [0.3, 0.4) is 0 Å². The molecule has 12 heteroatoms. The van der Waals surface area contributed by atoms with E-state index in [-0.39, 0.29) is 45.3 Å². The van der Waals surface area contributed by atoms with Crippen LogP contribution in [0.2, 0.25) is 0 Å². The van der Waals surface area contributed by atoms with E-state index < -0.39 is 16.7 Å². The SMILES string of the molecule is O=C(/C=C(\O)c1cccnc1)c1cccc(C(=O)/C=C(\O)c2cccnc2)n1.O=[N+]([O-])[O-].[Ag+]. The van der Waals surface area contributed by atoms with Gasteiger partial charge in [-0.15, -0.1) is 0 Å². The van der Waals surface area contributed by atoms with Crippen molar-refractivity contribution in [2.24, 2.45) is 0 Å². The van der Waals surface area contributed by atoms with Crippen molar-refractivity contribution in [3.8, 4) is 0 Å². The Labute approximate surface area is 202 Å². The first kappa shape index (κ1) is 26.8. The second-order valence-electron chi connectivity index (χ2n) is 5.90. The quantitative estimate of drug-likeness (QED) is 0.117. The van der Waals surface area contributed by atoms with E-state index in [1.54, 1.807) is 36.7 Å². The number of allylic oxidation sites excluding steroid dienone is 2. The summed E-state index contributed by atoms with van der Waals surface area (Å²) in [5, 5.41) is 34.8. The molecule has 33 heavy (non-hydrogen) atoms. The van der Waals surface area contributed by atoms with Crippen LogP contribution in [-0.2, 0) is 22.4 Å². The summed E-state index contributed by atoms with van der Waals surface area (Å²) in [6.07, 6.45) is 7.94. The van der Waals surface area contributed by atoms with E-state index in [4.69, 9.17) is 15.3 Å². The minimum absolute atomic E-state index is 0. The number of aromatic nitrogens is 3. The summed E-state index contributed by atoms with van der Waals surface area (Å²) in [6.45, 7) is 0. The van der Waals surface area contributed by atoms with Gasteiger partial charge in [0.1, 0.15) is 22.9 Å². The van der Waals surface area contributed by atoms with Gasteiger partial charge in [-0.3, -0.25) is 19.6 Å². The van der Waals surface area contributed by atoms with Gasteiger partial charge in [-0.25, -0.2) is 4.98 Å². The Hall–Kier alpha value is -4.19. The molecule has 2 N–H and O–H groups in total. The summed E-state index contributed by atoms with van der Waals surface area (Å²) < 4.78 is 0. The van der Waals surface area contributed by atoms with Crippen LogP contribution < -0.4 is 0 Å².